The van der Waals surface area contributed by atoms with Gasteiger partial charge in [-0.15, -0.1) is 0 Å². The van der Waals surface area contributed by atoms with Gasteiger partial charge in [0.2, 0.25) is 47.3 Å². The van der Waals surface area contributed by atoms with E-state index in [1.54, 1.807) is 16.7 Å². The predicted molar refractivity (Wildman–Crippen MR) is 492 cm³/mol. The summed E-state index contributed by atoms with van der Waals surface area (Å²) in [4.78, 5) is 154. The van der Waals surface area contributed by atoms with E-state index in [2.05, 4.69) is 24.4 Å². The number of morpholine rings is 4. The molecule has 138 heavy (non-hydrogen) atoms. The maximum Gasteiger partial charge on any atom is 0.255 e. The first-order valence-electron chi connectivity index (χ1n) is 78.9. The van der Waals surface area contributed by atoms with E-state index >= 15 is 17.6 Å². The van der Waals surface area contributed by atoms with Crippen LogP contribution in [0, 0.1) is 23.3 Å². The second-order valence-electron chi connectivity index (χ2n) is 28.1. The fraction of sp³-hybridized carbons (Fsp3) is 0.412. The van der Waals surface area contributed by atoms with Crippen molar-refractivity contribution in [2.24, 2.45) is 0 Å². The van der Waals surface area contributed by atoms with Crippen LogP contribution < -0.4 is 41.4 Å². The van der Waals surface area contributed by atoms with Crippen molar-refractivity contribution in [3.05, 3.63) is 257 Å². The summed E-state index contributed by atoms with van der Waals surface area (Å²) < 4.78 is 758. The summed E-state index contributed by atoms with van der Waals surface area (Å²) in [5.41, 5.74) is -20.4. The van der Waals surface area contributed by atoms with Crippen LogP contribution in [0.2, 0.25) is 0 Å². The predicted octanol–water partition coefficient (Wildman–Crippen LogP) is 8.83. The van der Waals surface area contributed by atoms with Crippen LogP contribution >= 0.6 is 0 Å². The van der Waals surface area contributed by atoms with Crippen LogP contribution in [0.15, 0.2) is 145 Å². The summed E-state index contributed by atoms with van der Waals surface area (Å²) in [6.07, 6.45) is -29.7. The number of halogens is 4. The van der Waals surface area contributed by atoms with Gasteiger partial charge in [-0.2, -0.15) is 0 Å². The van der Waals surface area contributed by atoms with Crippen LogP contribution in [0.1, 0.15) is 283 Å². The molecule has 0 bridgehead atoms. The minimum absolute atomic E-state index is 0.0692. The molecule has 8 aromatic carbocycles. The Bertz CT molecular complexity index is 10000. The number of hydrogen-bond acceptors (Lipinski definition) is 24. The van der Waals surface area contributed by atoms with Crippen LogP contribution in [0.5, 0.6) is 11.5 Å². The number of rotatable bonds is 24. The number of benzene rings is 8. The van der Waals surface area contributed by atoms with Gasteiger partial charge in [-0.05, 0) is 152 Å². The normalized spacial score (nSPS) is 40.8. The number of piperidine rings is 4. The summed E-state index contributed by atoms with van der Waals surface area (Å²) in [5.74, 6) is -32.1. The molecule has 8 aromatic rings. The number of imide groups is 4. The zero-order valence-electron chi connectivity index (χ0n) is 149. The van der Waals surface area contributed by atoms with Crippen molar-refractivity contribution in [2.75, 3.05) is 102 Å². The van der Waals surface area contributed by atoms with E-state index in [1.165, 1.54) is 40.2 Å². The van der Waals surface area contributed by atoms with Crippen LogP contribution in [-0.4, -0.2) is 238 Å². The Morgan fingerprint density at radius 3 is 1.31 bits per heavy atom. The average molecular weight is 1980 g/mol. The summed E-state index contributed by atoms with van der Waals surface area (Å²) in [6.45, 7) is -81.8. The zero-order chi connectivity index (χ0) is 168. The largest absolute Gasteiger partial charge is 0.488 e. The van der Waals surface area contributed by atoms with Crippen molar-refractivity contribution in [1.82, 2.24) is 60.5 Å². The molecule has 12 amide bonds. The van der Waals surface area contributed by atoms with Gasteiger partial charge in [-0.3, -0.25) is 98.4 Å². The third kappa shape index (κ3) is 22.8. The van der Waals surface area contributed by atoms with Crippen LogP contribution in [0.4, 0.5) is 28.9 Å². The molecule has 8 fully saturated rings. The molecule has 32 nitrogen and oxygen atoms in total. The fourth-order valence-electron chi connectivity index (χ4n) is 13.0. The Balaban J connectivity index is 0.000000187. The lowest BCUT2D eigenvalue weighted by Gasteiger charge is -2.35. The minimum atomic E-state index is -4.25. The Morgan fingerprint density at radius 1 is 0.420 bits per heavy atom. The van der Waals surface area contributed by atoms with Gasteiger partial charge < -0.3 is 58.7 Å². The van der Waals surface area contributed by atoms with Crippen molar-refractivity contribution in [3.8, 4) is 11.5 Å². The highest BCUT2D eigenvalue weighted by molar-refractivity contribution is 6.09. The highest BCUT2D eigenvalue weighted by atomic mass is 19.1. The third-order valence-electron chi connectivity index (χ3n) is 18.8. The van der Waals surface area contributed by atoms with E-state index in [-0.39, 0.29) is 46.0 Å². The molecule has 724 valence electrons. The topological polar surface area (TPSA) is 358 Å². The highest BCUT2D eigenvalue weighted by Gasteiger charge is 2.45. The Labute approximate surface area is 907 Å². The Kier molecular flexibility index (Phi) is 12.4. The molecule has 0 aliphatic carbocycles. The fourth-order valence-corrected chi connectivity index (χ4v) is 13.0. The average Bonchev–Trinajstić information content (AvgIpc) is 1.38. The van der Waals surface area contributed by atoms with Gasteiger partial charge in [0.15, 0.2) is 0 Å². The minimum Gasteiger partial charge on any atom is -0.488 e. The van der Waals surface area contributed by atoms with Gasteiger partial charge in [0, 0.05) is 254 Å². The van der Waals surface area contributed by atoms with Crippen molar-refractivity contribution in [1.29, 1.82) is 0 Å². The molecular weight excluding hydrogens is 1790 g/mol. The smallest absolute Gasteiger partial charge is 0.255 e. The number of hydrogen-bond donors (Lipinski definition) is 6. The quantitative estimate of drug-likeness (QED) is 0.0243. The van der Waals surface area contributed by atoms with Crippen LogP contribution in [0.25, 0.3) is 0 Å². The molecule has 0 aromatic heterocycles. The Morgan fingerprint density at radius 2 is 0.826 bits per heavy atom. The van der Waals surface area contributed by atoms with E-state index in [9.17, 15) is 57.5 Å². The van der Waals surface area contributed by atoms with Gasteiger partial charge in [0.05, 0.1) is 128 Å². The van der Waals surface area contributed by atoms with Gasteiger partial charge in [0.1, 0.15) is 72.0 Å². The molecule has 0 radical (unpaired) electrons. The van der Waals surface area contributed by atoms with Gasteiger partial charge in [0.25, 0.3) is 23.6 Å². The molecule has 12 heterocycles. The number of nitrogens with one attached hydrogen (secondary N) is 6. The lowest BCUT2D eigenvalue weighted by atomic mass is 10.0. The second-order valence-corrected chi connectivity index (χ2v) is 28.1. The van der Waals surface area contributed by atoms with Gasteiger partial charge in [-0.25, -0.2) is 17.6 Å². The second kappa shape index (κ2) is 43.7. The standard InChI is InChI=1S/C27H31FN4O4.C25H27FN4O4.2C25H26FN3O5/c1-16-12-31(13-17(2)36-16)14-18-6-7-19(22(28)10-18)11-29-23-5-3-4-20-21(23)15-32(27(20)35)24-8-9-25(33)30-26(24)34;26-20-5-4-16(14-29-8-10-34-11-9-29)12-17(20)13-27-21-3-1-2-18-19(21)15-30(25(18)33)22-6-7-23(31)28-24(22)32;2*26-20-5-4-16(13-28-8-10-33-11-9-28)12-17(20)15-34-22-3-1-2-18-19(22)14-29(25(18)32)21-6-7-23(30)27-24(21)31/h3-7,10,16-17,24,29H,8-9,11-15H2,1-2H3,(H,30,33,34);1-5,12,22,27H,6-11,13-15H2,(H,28,31,32);2*1-5,12,21H,6-11,13-15H2,(H,27,30,31)/i8D2,9D2,15D2;1D,2D,3D,4D,5D,6D2,7D2,8D2,9D2,10D2,11D2,12D,13D2,14D2,15D2,22D;1D,2D,3D,4D,5D,6D2,7D2,8D2,9D2,10D2,11D2,12D,13D2,14D2,15D2,21D;1D,2D,3D,4D,5D,6D2,7D2,8D2,9D2,10D2,11D2,12D,13D2,14D2,15D2. The van der Waals surface area contributed by atoms with Crippen LogP contribution in [-0.2, 0) is 135 Å². The van der Waals surface area contributed by atoms with E-state index in [4.69, 9.17) is 124 Å². The van der Waals surface area contributed by atoms with Crippen molar-refractivity contribution in [2.45, 2.75) is 179 Å². The van der Waals surface area contributed by atoms with E-state index in [1.807, 2.05) is 19.9 Å². The molecule has 0 spiro atoms. The Hall–Kier alpha value is -13.2. The third-order valence-corrected chi connectivity index (χ3v) is 18.8. The molecule has 36 heteroatoms. The zero-order valence-corrected chi connectivity index (χ0v) is 69.0. The number of ether oxygens (including phenoxy) is 6. The molecule has 12 aliphatic rings. The molecule has 12 aliphatic heterocycles. The molecule has 20 rings (SSSR count). The van der Waals surface area contributed by atoms with E-state index < -0.39 is 530 Å². The highest BCUT2D eigenvalue weighted by Crippen LogP contribution is 2.40. The SMILES string of the molecule is [2H]C1([2H])c2c(NCc3ccc(CN4CC(C)OC(C)C4)cc3F)cccc2C(=O)N1C1C(=O)NC(=O)C([2H])([2H])C1([2H])[2H].[2H]c1c([2H])c(NC([2H])([2H])c2c([2H])c(C([2H])([2H])N3C([2H])([2H])C([2H])([2H])OC([2H])([2H])C3([2H])[2H])c([2H])c([2H])c2F)c2c(c1[2H])C(=O)N(C1([2H])C(=O)NC(=O)C([2H])([2H])C1([2H])[2H])C2([2H])[2H].[2H]c1c([2H])c(OC([2H])([2H])c2c([2H])c(C([2H])([2H])N3C([2H])([2H])C([2H])([2H])OC([2H])([2H])C3([2H])[2H])c([2H])c([2H])c2F)c2c(c1[2H])C(=O)N(C1([2H])C(=O)NC(=O)C([2H])([2H])C1([2H])[2H])C2([2H])[2H].[2H]c1c([2H])c(OC([2H])([2H])c2c([2H])c(C([2H])([2H])N3C([2H])([2H])C([2H])([2H])OC([2H])([2H])C3([2H])[2H])c([2H])c([2H])c2F)c2c(c1[2H])C(=O)N(C1C(=O)NC(=O)C([2H])([2H])C1([2H])[2H])C2([2H])[2H]. The first-order chi connectivity index (χ1) is 97.5. The molecule has 8 saturated heterocycles. The van der Waals surface area contributed by atoms with E-state index in [0.29, 0.717) is 11.4 Å². The number of anilines is 2. The molecule has 6 atom stereocenters. The van der Waals surface area contributed by atoms with Crippen molar-refractivity contribution >= 4 is 82.3 Å². The number of nitrogens with zero attached hydrogens (tertiary/aromatic N) is 8. The molecule has 6 N–H and O–H groups in total. The summed E-state index contributed by atoms with van der Waals surface area (Å²) >= 11 is 0. The van der Waals surface area contributed by atoms with Crippen molar-refractivity contribution < 1.29 is 213 Å². The van der Waals surface area contributed by atoms with Gasteiger partial charge in [-0.1, -0.05) is 54.5 Å². The maximum atomic E-state index is 16.0. The first kappa shape index (κ1) is 39.2. The monoisotopic (exact) mass is 1980 g/mol. The first-order valence-corrected chi connectivity index (χ1v) is 38.9. The number of carbonyl (C=O) groups is 12. The van der Waals surface area contributed by atoms with E-state index in [0.717, 1.165) is 18.7 Å². The molecule has 0 saturated carbocycles. The lowest BCUT2D eigenvalue weighted by molar-refractivity contribution is -0.138. The van der Waals surface area contributed by atoms with Gasteiger partial charge >= 0.3 is 0 Å². The number of fused-ring (bicyclic) bond motifs is 4. The summed E-state index contributed by atoms with van der Waals surface area (Å²) in [5, 5.41) is 10.4. The van der Waals surface area contributed by atoms with Crippen molar-refractivity contribution in [3.63, 3.8) is 0 Å². The summed E-state index contributed by atoms with van der Waals surface area (Å²) in [6, 6.07) is -33.3. The summed E-state index contributed by atoms with van der Waals surface area (Å²) in [7, 11) is 0. The lowest BCUT2D eigenvalue weighted by Crippen LogP contribution is -2.52. The molecule has 6 unspecified atom stereocenters. The molecular formula is C102H110F4N14O18. The number of carbonyl (C=O) groups excluding carboxylic acids is 12. The maximum absolute atomic E-state index is 16.0. The number of amides is 12. The van der Waals surface area contributed by atoms with Crippen LogP contribution in [0.3, 0.4) is 0 Å².